The van der Waals surface area contributed by atoms with E-state index in [4.69, 9.17) is 0 Å². The van der Waals surface area contributed by atoms with Gasteiger partial charge in [0.1, 0.15) is 0 Å². The van der Waals surface area contributed by atoms with E-state index in [1.807, 2.05) is 19.1 Å². The molecule has 1 atom stereocenters. The zero-order chi connectivity index (χ0) is 16.5. The summed E-state index contributed by atoms with van der Waals surface area (Å²) in [5.74, 6) is 0.698. The molecule has 9 nitrogen and oxygen atoms in total. The van der Waals surface area contributed by atoms with E-state index in [9.17, 15) is 4.79 Å². The van der Waals surface area contributed by atoms with Crippen molar-refractivity contribution in [3.8, 4) is 0 Å². The molecule has 1 unspecified atom stereocenters. The topological polar surface area (TPSA) is 101 Å². The SMILES string of the molecule is Cc1cnc(NC(=O)C2CCCN(c3ccc4nnnn4n3)C2)s1. The summed E-state index contributed by atoms with van der Waals surface area (Å²) in [5.41, 5.74) is 0.601. The smallest absolute Gasteiger partial charge is 0.231 e. The maximum atomic E-state index is 12.5. The zero-order valence-corrected chi connectivity index (χ0v) is 13.9. The molecule has 3 aromatic heterocycles. The van der Waals surface area contributed by atoms with E-state index in [-0.39, 0.29) is 11.8 Å². The van der Waals surface area contributed by atoms with Crippen LogP contribution < -0.4 is 10.2 Å². The number of hydrogen-bond donors (Lipinski definition) is 1. The first-order valence-corrected chi connectivity index (χ1v) is 8.54. The number of rotatable bonds is 3. The first-order chi connectivity index (χ1) is 11.7. The van der Waals surface area contributed by atoms with Crippen LogP contribution in [0.25, 0.3) is 5.65 Å². The highest BCUT2D eigenvalue weighted by atomic mass is 32.1. The molecule has 4 rings (SSSR count). The van der Waals surface area contributed by atoms with Crippen molar-refractivity contribution in [2.24, 2.45) is 5.92 Å². The number of hydrogen-bond acceptors (Lipinski definition) is 8. The lowest BCUT2D eigenvalue weighted by Gasteiger charge is -2.32. The summed E-state index contributed by atoms with van der Waals surface area (Å²) in [7, 11) is 0. The van der Waals surface area contributed by atoms with Crippen molar-refractivity contribution in [2.45, 2.75) is 19.8 Å². The van der Waals surface area contributed by atoms with Gasteiger partial charge in [-0.2, -0.15) is 0 Å². The molecule has 3 aromatic rings. The van der Waals surface area contributed by atoms with Gasteiger partial charge in [-0.05, 0) is 42.3 Å². The van der Waals surface area contributed by atoms with Gasteiger partial charge in [0, 0.05) is 24.2 Å². The number of anilines is 2. The Balaban J connectivity index is 1.47. The number of aromatic nitrogens is 6. The van der Waals surface area contributed by atoms with Crippen LogP contribution in [-0.2, 0) is 4.79 Å². The Bertz CT molecular complexity index is 874. The Labute approximate surface area is 141 Å². The van der Waals surface area contributed by atoms with Gasteiger partial charge >= 0.3 is 0 Å². The molecule has 1 saturated heterocycles. The van der Waals surface area contributed by atoms with Gasteiger partial charge in [-0.25, -0.2) is 4.98 Å². The number of fused-ring (bicyclic) bond motifs is 1. The summed E-state index contributed by atoms with van der Waals surface area (Å²) in [6, 6.07) is 3.71. The molecular weight excluding hydrogens is 328 g/mol. The van der Waals surface area contributed by atoms with Crippen LogP contribution in [0.5, 0.6) is 0 Å². The molecule has 1 aliphatic heterocycles. The second-order valence-electron chi connectivity index (χ2n) is 5.77. The van der Waals surface area contributed by atoms with E-state index < -0.39 is 0 Å². The molecule has 0 aliphatic carbocycles. The minimum absolute atomic E-state index is 0.0116. The third-order valence-corrected chi connectivity index (χ3v) is 4.85. The fourth-order valence-corrected chi connectivity index (χ4v) is 3.50. The molecule has 1 fully saturated rings. The maximum absolute atomic E-state index is 12.5. The molecule has 1 aliphatic rings. The second kappa shape index (κ2) is 6.11. The summed E-state index contributed by atoms with van der Waals surface area (Å²) < 4.78 is 1.40. The van der Waals surface area contributed by atoms with Crippen LogP contribution in [0.15, 0.2) is 18.3 Å². The van der Waals surface area contributed by atoms with E-state index in [1.54, 1.807) is 6.20 Å². The van der Waals surface area contributed by atoms with Crippen LogP contribution in [0.4, 0.5) is 10.9 Å². The number of amides is 1. The number of piperidine rings is 1. The van der Waals surface area contributed by atoms with Crippen molar-refractivity contribution in [3.05, 3.63) is 23.2 Å². The molecule has 24 heavy (non-hydrogen) atoms. The molecule has 0 spiro atoms. The summed E-state index contributed by atoms with van der Waals surface area (Å²) in [6.07, 6.45) is 3.56. The Kier molecular flexibility index (Phi) is 3.81. The van der Waals surface area contributed by atoms with Crippen LogP contribution in [-0.4, -0.2) is 49.2 Å². The molecule has 1 N–H and O–H groups in total. The largest absolute Gasteiger partial charge is 0.354 e. The van der Waals surface area contributed by atoms with Crippen LogP contribution in [0.3, 0.4) is 0 Å². The van der Waals surface area contributed by atoms with Crippen LogP contribution in [0, 0.1) is 12.8 Å². The van der Waals surface area contributed by atoms with Crippen molar-refractivity contribution in [2.75, 3.05) is 23.3 Å². The monoisotopic (exact) mass is 344 g/mol. The fourth-order valence-electron chi connectivity index (χ4n) is 2.83. The first kappa shape index (κ1) is 14.9. The number of carbonyl (C=O) groups excluding carboxylic acids is 1. The Morgan fingerprint density at radius 3 is 3.17 bits per heavy atom. The maximum Gasteiger partial charge on any atom is 0.231 e. The summed E-state index contributed by atoms with van der Waals surface area (Å²) in [4.78, 5) is 19.9. The average Bonchev–Trinajstić information content (AvgIpc) is 3.23. The normalized spacial score (nSPS) is 18.0. The molecule has 10 heteroatoms. The number of tetrazole rings is 1. The van der Waals surface area contributed by atoms with E-state index in [0.29, 0.717) is 17.3 Å². The molecular formula is C14H16N8OS. The van der Waals surface area contributed by atoms with Crippen molar-refractivity contribution in [1.82, 2.24) is 30.2 Å². The predicted molar refractivity (Wildman–Crippen MR) is 89.0 cm³/mol. The second-order valence-corrected chi connectivity index (χ2v) is 7.00. The van der Waals surface area contributed by atoms with Crippen molar-refractivity contribution in [3.63, 3.8) is 0 Å². The standard InChI is InChI=1S/C14H16N8OS/c1-9-7-15-14(24-9)16-13(23)10-3-2-6-21(8-10)12-5-4-11-17-19-20-22(11)18-12/h4-5,7,10H,2-3,6,8H2,1H3,(H,15,16,23). The van der Waals surface area contributed by atoms with Crippen molar-refractivity contribution in [1.29, 1.82) is 0 Å². The van der Waals surface area contributed by atoms with Crippen molar-refractivity contribution < 1.29 is 4.79 Å². The van der Waals surface area contributed by atoms with E-state index in [0.717, 1.165) is 30.1 Å². The van der Waals surface area contributed by atoms with E-state index in [1.165, 1.54) is 16.0 Å². The number of nitrogens with one attached hydrogen (secondary N) is 1. The Hall–Kier alpha value is -2.62. The molecule has 0 radical (unpaired) electrons. The van der Waals surface area contributed by atoms with Gasteiger partial charge in [0.2, 0.25) is 5.91 Å². The van der Waals surface area contributed by atoms with E-state index >= 15 is 0 Å². The third-order valence-electron chi connectivity index (χ3n) is 4.02. The quantitative estimate of drug-likeness (QED) is 0.760. The van der Waals surface area contributed by atoms with Gasteiger partial charge in [-0.3, -0.25) is 4.79 Å². The van der Waals surface area contributed by atoms with Gasteiger partial charge in [0.25, 0.3) is 0 Å². The molecule has 124 valence electrons. The lowest BCUT2D eigenvalue weighted by Crippen LogP contribution is -2.41. The Morgan fingerprint density at radius 2 is 2.33 bits per heavy atom. The number of nitrogens with zero attached hydrogens (tertiary/aromatic N) is 7. The first-order valence-electron chi connectivity index (χ1n) is 7.73. The fraction of sp³-hybridized carbons (Fsp3) is 0.429. The molecule has 4 heterocycles. The van der Waals surface area contributed by atoms with Crippen LogP contribution in [0.2, 0.25) is 0 Å². The number of aryl methyl sites for hydroxylation is 1. The molecule has 0 aromatic carbocycles. The summed E-state index contributed by atoms with van der Waals surface area (Å²) in [6.45, 7) is 3.45. The van der Waals surface area contributed by atoms with Crippen LogP contribution >= 0.6 is 11.3 Å². The third kappa shape index (κ3) is 2.92. The lowest BCUT2D eigenvalue weighted by molar-refractivity contribution is -0.120. The van der Waals surface area contributed by atoms with Gasteiger partial charge in [-0.15, -0.1) is 26.2 Å². The summed E-state index contributed by atoms with van der Waals surface area (Å²) in [5, 5.41) is 19.2. The highest BCUT2D eigenvalue weighted by molar-refractivity contribution is 7.15. The van der Waals surface area contributed by atoms with Gasteiger partial charge in [0.15, 0.2) is 16.6 Å². The summed E-state index contributed by atoms with van der Waals surface area (Å²) >= 11 is 1.49. The lowest BCUT2D eigenvalue weighted by atomic mass is 9.97. The van der Waals surface area contributed by atoms with Crippen molar-refractivity contribution >= 4 is 33.8 Å². The highest BCUT2D eigenvalue weighted by Crippen LogP contribution is 2.24. The molecule has 0 bridgehead atoms. The van der Waals surface area contributed by atoms with E-state index in [2.05, 4.69) is 35.8 Å². The predicted octanol–water partition coefficient (Wildman–Crippen LogP) is 1.14. The minimum Gasteiger partial charge on any atom is -0.354 e. The highest BCUT2D eigenvalue weighted by Gasteiger charge is 2.27. The number of carbonyl (C=O) groups is 1. The average molecular weight is 344 g/mol. The van der Waals surface area contributed by atoms with Gasteiger partial charge < -0.3 is 10.2 Å². The molecule has 0 saturated carbocycles. The number of thiazole rings is 1. The Morgan fingerprint density at radius 1 is 1.42 bits per heavy atom. The van der Waals surface area contributed by atoms with Gasteiger partial charge in [0.05, 0.1) is 5.92 Å². The minimum atomic E-state index is -0.0886. The van der Waals surface area contributed by atoms with Crippen LogP contribution in [0.1, 0.15) is 17.7 Å². The molecule has 1 amide bonds. The van der Waals surface area contributed by atoms with Gasteiger partial charge in [-0.1, -0.05) is 0 Å². The zero-order valence-electron chi connectivity index (χ0n) is 13.1.